The molecule has 0 heterocycles. The minimum absolute atomic E-state index is 0.0671. The maximum Gasteiger partial charge on any atom is 0.273 e. The number of para-hydroxylation sites is 1. The number of hydrogen-bond donors (Lipinski definition) is 3. The van der Waals surface area contributed by atoms with E-state index in [1.54, 1.807) is 12.1 Å². The van der Waals surface area contributed by atoms with Crippen molar-refractivity contribution in [3.05, 3.63) is 58.1 Å². The molecular formula is C16H15N3O5S. The van der Waals surface area contributed by atoms with Gasteiger partial charge in [-0.25, -0.2) is 0 Å². The van der Waals surface area contributed by atoms with Gasteiger partial charge in [0.2, 0.25) is 0 Å². The zero-order valence-corrected chi connectivity index (χ0v) is 14.0. The first-order valence-electron chi connectivity index (χ1n) is 7.13. The smallest absolute Gasteiger partial charge is 0.273 e. The predicted molar refractivity (Wildman–Crippen MR) is 95.8 cm³/mol. The number of hydrogen-bond acceptors (Lipinski definition) is 6. The Kier molecular flexibility index (Phi) is 5.85. The summed E-state index contributed by atoms with van der Waals surface area (Å²) in [6.07, 6.45) is 0. The van der Waals surface area contributed by atoms with Crippen molar-refractivity contribution >= 4 is 34.6 Å². The topological polar surface area (TPSA) is 114 Å². The van der Waals surface area contributed by atoms with Gasteiger partial charge in [-0.1, -0.05) is 18.2 Å². The van der Waals surface area contributed by atoms with Gasteiger partial charge >= 0.3 is 0 Å². The summed E-state index contributed by atoms with van der Waals surface area (Å²) >= 11 is 4.97. The minimum atomic E-state index is -0.632. The van der Waals surface area contributed by atoms with Crippen LogP contribution in [0.5, 0.6) is 11.5 Å². The predicted octanol–water partition coefficient (Wildman–Crippen LogP) is 2.50. The Morgan fingerprint density at radius 1 is 1.32 bits per heavy atom. The molecule has 2 aromatic carbocycles. The summed E-state index contributed by atoms with van der Waals surface area (Å²) in [5.74, 6) is -0.256. The van der Waals surface area contributed by atoms with Gasteiger partial charge in [-0.2, -0.15) is 0 Å². The van der Waals surface area contributed by atoms with Crippen molar-refractivity contribution in [2.75, 3.05) is 11.9 Å². The van der Waals surface area contributed by atoms with Crippen LogP contribution in [-0.2, 0) is 4.79 Å². The first kappa shape index (κ1) is 18.1. The van der Waals surface area contributed by atoms with Crippen molar-refractivity contribution in [1.82, 2.24) is 5.32 Å². The highest BCUT2D eigenvalue weighted by Crippen LogP contribution is 2.27. The molecule has 0 aliphatic carbocycles. The number of phenolic OH excluding ortho intramolecular Hbond substituents is 1. The van der Waals surface area contributed by atoms with E-state index in [1.807, 2.05) is 19.1 Å². The molecule has 130 valence electrons. The molecule has 8 nitrogen and oxygen atoms in total. The van der Waals surface area contributed by atoms with Crippen molar-refractivity contribution in [2.24, 2.45) is 0 Å². The SMILES string of the molecule is Cc1ccccc1OCC(=O)NC(=S)Nc1ccc([N+](=O)[O-])cc1O. The van der Waals surface area contributed by atoms with Gasteiger partial charge in [0.05, 0.1) is 16.7 Å². The molecule has 0 spiro atoms. The van der Waals surface area contributed by atoms with Crippen LogP contribution in [0.15, 0.2) is 42.5 Å². The van der Waals surface area contributed by atoms with Crippen LogP contribution in [0.3, 0.4) is 0 Å². The summed E-state index contributed by atoms with van der Waals surface area (Å²) in [6.45, 7) is 1.62. The van der Waals surface area contributed by atoms with Crippen LogP contribution in [0.4, 0.5) is 11.4 Å². The second-order valence-corrected chi connectivity index (χ2v) is 5.42. The molecule has 3 N–H and O–H groups in total. The molecule has 2 aromatic rings. The van der Waals surface area contributed by atoms with Crippen molar-refractivity contribution in [3.63, 3.8) is 0 Å². The average molecular weight is 361 g/mol. The third kappa shape index (κ3) is 5.15. The lowest BCUT2D eigenvalue weighted by atomic mass is 10.2. The number of aryl methyl sites for hydroxylation is 1. The molecule has 0 fully saturated rings. The zero-order chi connectivity index (χ0) is 18.4. The summed E-state index contributed by atoms with van der Waals surface area (Å²) in [6, 6.07) is 10.7. The third-order valence-electron chi connectivity index (χ3n) is 3.15. The number of nitro groups is 1. The highest BCUT2D eigenvalue weighted by molar-refractivity contribution is 7.80. The van der Waals surface area contributed by atoms with E-state index in [2.05, 4.69) is 10.6 Å². The average Bonchev–Trinajstić information content (AvgIpc) is 2.55. The van der Waals surface area contributed by atoms with Gasteiger partial charge in [0.15, 0.2) is 11.7 Å². The third-order valence-corrected chi connectivity index (χ3v) is 3.35. The normalized spacial score (nSPS) is 9.96. The molecule has 0 saturated carbocycles. The van der Waals surface area contributed by atoms with E-state index in [1.165, 1.54) is 12.1 Å². The van der Waals surface area contributed by atoms with Gasteiger partial charge in [0.1, 0.15) is 11.5 Å². The van der Waals surface area contributed by atoms with Crippen LogP contribution < -0.4 is 15.4 Å². The summed E-state index contributed by atoms with van der Waals surface area (Å²) in [5.41, 5.74) is 0.771. The summed E-state index contributed by atoms with van der Waals surface area (Å²) in [5, 5.41) is 25.3. The van der Waals surface area contributed by atoms with Crippen LogP contribution in [0.1, 0.15) is 5.56 Å². The van der Waals surface area contributed by atoms with E-state index < -0.39 is 10.8 Å². The molecule has 0 atom stereocenters. The minimum Gasteiger partial charge on any atom is -0.506 e. The molecular weight excluding hydrogens is 346 g/mol. The second-order valence-electron chi connectivity index (χ2n) is 5.02. The zero-order valence-electron chi connectivity index (χ0n) is 13.2. The van der Waals surface area contributed by atoms with Gasteiger partial charge in [0.25, 0.3) is 11.6 Å². The molecule has 0 aromatic heterocycles. The number of nitrogens with zero attached hydrogens (tertiary/aromatic N) is 1. The number of nitro benzene ring substituents is 1. The standard InChI is InChI=1S/C16H15N3O5S/c1-10-4-2-3-5-14(10)24-9-15(21)18-16(25)17-12-7-6-11(19(22)23)8-13(12)20/h2-8,20H,9H2,1H3,(H2,17,18,21,25). The van der Waals surface area contributed by atoms with Gasteiger partial charge in [-0.15, -0.1) is 0 Å². The molecule has 2 rings (SSSR count). The van der Waals surface area contributed by atoms with E-state index >= 15 is 0 Å². The number of anilines is 1. The Morgan fingerprint density at radius 3 is 2.68 bits per heavy atom. The van der Waals surface area contributed by atoms with Crippen molar-refractivity contribution < 1.29 is 19.6 Å². The van der Waals surface area contributed by atoms with Crippen LogP contribution >= 0.6 is 12.2 Å². The maximum atomic E-state index is 11.8. The lowest BCUT2D eigenvalue weighted by molar-refractivity contribution is -0.384. The van der Waals surface area contributed by atoms with Crippen LogP contribution in [0.25, 0.3) is 0 Å². The van der Waals surface area contributed by atoms with Gasteiger partial charge < -0.3 is 15.2 Å². The molecule has 0 bridgehead atoms. The van der Waals surface area contributed by atoms with E-state index in [0.717, 1.165) is 11.6 Å². The molecule has 1 amide bonds. The van der Waals surface area contributed by atoms with Gasteiger partial charge in [-0.05, 0) is 36.8 Å². The van der Waals surface area contributed by atoms with Crippen molar-refractivity contribution in [3.8, 4) is 11.5 Å². The maximum absolute atomic E-state index is 11.8. The number of aromatic hydroxyl groups is 1. The molecule has 0 aliphatic rings. The van der Waals surface area contributed by atoms with Crippen LogP contribution in [0, 0.1) is 17.0 Å². The number of ether oxygens (including phenoxy) is 1. The quantitative estimate of drug-likeness (QED) is 0.324. The Morgan fingerprint density at radius 2 is 2.04 bits per heavy atom. The fourth-order valence-corrected chi connectivity index (χ4v) is 2.14. The Balaban J connectivity index is 1.88. The van der Waals surface area contributed by atoms with Crippen molar-refractivity contribution in [2.45, 2.75) is 6.92 Å². The Hall–Kier alpha value is -3.20. The first-order valence-corrected chi connectivity index (χ1v) is 7.54. The van der Waals surface area contributed by atoms with Gasteiger partial charge in [-0.3, -0.25) is 20.2 Å². The molecule has 0 unspecified atom stereocenters. The fourth-order valence-electron chi connectivity index (χ4n) is 1.92. The fraction of sp³-hybridized carbons (Fsp3) is 0.125. The highest BCUT2D eigenvalue weighted by Gasteiger charge is 2.12. The Labute approximate surface area is 148 Å². The summed E-state index contributed by atoms with van der Waals surface area (Å²) in [4.78, 5) is 21.8. The number of carbonyl (C=O) groups excluding carboxylic acids is 1. The summed E-state index contributed by atoms with van der Waals surface area (Å²) < 4.78 is 5.39. The molecule has 9 heteroatoms. The molecule has 0 aliphatic heterocycles. The van der Waals surface area contributed by atoms with Crippen LogP contribution in [-0.4, -0.2) is 27.7 Å². The monoisotopic (exact) mass is 361 g/mol. The number of thiocarbonyl (C=S) groups is 1. The first-order chi connectivity index (χ1) is 11.9. The van der Waals surface area contributed by atoms with E-state index in [4.69, 9.17) is 17.0 Å². The number of benzene rings is 2. The largest absolute Gasteiger partial charge is 0.506 e. The number of rotatable bonds is 5. The Bertz CT molecular complexity index is 825. The number of phenols is 1. The second kappa shape index (κ2) is 8.06. The summed E-state index contributed by atoms with van der Waals surface area (Å²) in [7, 11) is 0. The van der Waals surface area contributed by atoms with E-state index in [9.17, 15) is 20.0 Å². The highest BCUT2D eigenvalue weighted by atomic mass is 32.1. The lowest BCUT2D eigenvalue weighted by Gasteiger charge is -2.12. The van der Waals surface area contributed by atoms with E-state index in [0.29, 0.717) is 5.75 Å². The number of amides is 1. The van der Waals surface area contributed by atoms with E-state index in [-0.39, 0.29) is 28.8 Å². The lowest BCUT2D eigenvalue weighted by Crippen LogP contribution is -2.37. The van der Waals surface area contributed by atoms with Gasteiger partial charge in [0, 0.05) is 6.07 Å². The van der Waals surface area contributed by atoms with Crippen LogP contribution in [0.2, 0.25) is 0 Å². The molecule has 0 radical (unpaired) electrons. The molecule has 25 heavy (non-hydrogen) atoms. The number of nitrogens with one attached hydrogen (secondary N) is 2. The van der Waals surface area contributed by atoms with Crippen molar-refractivity contribution in [1.29, 1.82) is 0 Å². The molecule has 0 saturated heterocycles. The number of non-ortho nitro benzene ring substituents is 1. The number of carbonyl (C=O) groups is 1.